The molecule has 0 aliphatic heterocycles. The topological polar surface area (TPSA) is 48.4 Å². The SMILES string of the molecule is COCc1ccc(-c2ccc(C)cc2N)o1. The van der Waals surface area contributed by atoms with E-state index in [0.717, 1.165) is 28.3 Å². The molecular formula is C13H15NO2. The monoisotopic (exact) mass is 217 g/mol. The van der Waals surface area contributed by atoms with Gasteiger partial charge in [-0.3, -0.25) is 0 Å². The number of nitrogen functional groups attached to an aromatic ring is 1. The normalized spacial score (nSPS) is 10.6. The second-order valence-electron chi connectivity index (χ2n) is 3.79. The summed E-state index contributed by atoms with van der Waals surface area (Å²) in [6.07, 6.45) is 0. The number of benzene rings is 1. The molecule has 0 radical (unpaired) electrons. The molecular weight excluding hydrogens is 202 g/mol. The van der Waals surface area contributed by atoms with Gasteiger partial charge in [-0.15, -0.1) is 0 Å². The van der Waals surface area contributed by atoms with Crippen LogP contribution in [0.4, 0.5) is 5.69 Å². The van der Waals surface area contributed by atoms with Crippen molar-refractivity contribution in [2.24, 2.45) is 0 Å². The standard InChI is InChI=1S/C13H15NO2/c1-9-3-5-11(12(14)7-9)13-6-4-10(16-13)8-15-2/h3-7H,8,14H2,1-2H3. The Balaban J connectivity index is 2.35. The van der Waals surface area contributed by atoms with Crippen molar-refractivity contribution in [1.29, 1.82) is 0 Å². The van der Waals surface area contributed by atoms with Crippen LogP contribution in [0.5, 0.6) is 0 Å². The molecule has 1 aromatic heterocycles. The molecule has 3 heteroatoms. The number of nitrogens with two attached hydrogens (primary N) is 1. The predicted molar refractivity (Wildman–Crippen MR) is 64.0 cm³/mol. The van der Waals surface area contributed by atoms with E-state index in [1.54, 1.807) is 7.11 Å². The summed E-state index contributed by atoms with van der Waals surface area (Å²) < 4.78 is 10.6. The molecule has 0 fully saturated rings. The molecule has 0 aliphatic carbocycles. The summed E-state index contributed by atoms with van der Waals surface area (Å²) >= 11 is 0. The molecule has 16 heavy (non-hydrogen) atoms. The van der Waals surface area contributed by atoms with E-state index < -0.39 is 0 Å². The van der Waals surface area contributed by atoms with Gasteiger partial charge in [0.15, 0.2) is 0 Å². The van der Waals surface area contributed by atoms with Crippen LogP contribution in [0, 0.1) is 6.92 Å². The molecule has 0 bridgehead atoms. The van der Waals surface area contributed by atoms with Crippen LogP contribution in [0.25, 0.3) is 11.3 Å². The van der Waals surface area contributed by atoms with E-state index in [9.17, 15) is 0 Å². The van der Waals surface area contributed by atoms with Crippen molar-refractivity contribution >= 4 is 5.69 Å². The number of methoxy groups -OCH3 is 1. The lowest BCUT2D eigenvalue weighted by atomic mass is 10.1. The van der Waals surface area contributed by atoms with Gasteiger partial charge in [0.1, 0.15) is 18.1 Å². The van der Waals surface area contributed by atoms with Crippen LogP contribution in [-0.2, 0) is 11.3 Å². The number of furan rings is 1. The van der Waals surface area contributed by atoms with Gasteiger partial charge in [0.25, 0.3) is 0 Å². The predicted octanol–water partition coefficient (Wildman–Crippen LogP) is 2.98. The molecule has 0 unspecified atom stereocenters. The van der Waals surface area contributed by atoms with E-state index in [0.29, 0.717) is 6.61 Å². The fourth-order valence-corrected chi connectivity index (χ4v) is 1.65. The summed E-state index contributed by atoms with van der Waals surface area (Å²) in [5.74, 6) is 1.59. The molecule has 0 spiro atoms. The third kappa shape index (κ3) is 2.09. The first-order valence-electron chi connectivity index (χ1n) is 5.15. The Labute approximate surface area is 94.8 Å². The zero-order chi connectivity index (χ0) is 11.5. The molecule has 84 valence electrons. The van der Waals surface area contributed by atoms with Crippen molar-refractivity contribution in [1.82, 2.24) is 0 Å². The van der Waals surface area contributed by atoms with Crippen molar-refractivity contribution in [2.45, 2.75) is 13.5 Å². The highest BCUT2D eigenvalue weighted by molar-refractivity contribution is 5.73. The molecule has 0 amide bonds. The highest BCUT2D eigenvalue weighted by Crippen LogP contribution is 2.28. The van der Waals surface area contributed by atoms with Gasteiger partial charge in [0.05, 0.1) is 0 Å². The number of ether oxygens (including phenoxy) is 1. The summed E-state index contributed by atoms with van der Waals surface area (Å²) in [6, 6.07) is 9.74. The van der Waals surface area contributed by atoms with Crippen molar-refractivity contribution in [3.63, 3.8) is 0 Å². The van der Waals surface area contributed by atoms with E-state index in [4.69, 9.17) is 14.9 Å². The Morgan fingerprint density at radius 3 is 2.75 bits per heavy atom. The Hall–Kier alpha value is -1.74. The lowest BCUT2D eigenvalue weighted by molar-refractivity contribution is 0.165. The van der Waals surface area contributed by atoms with Crippen LogP contribution >= 0.6 is 0 Å². The molecule has 2 rings (SSSR count). The largest absolute Gasteiger partial charge is 0.459 e. The van der Waals surface area contributed by atoms with Gasteiger partial charge in [0.2, 0.25) is 0 Å². The average molecular weight is 217 g/mol. The van der Waals surface area contributed by atoms with Crippen LogP contribution in [0.15, 0.2) is 34.7 Å². The summed E-state index contributed by atoms with van der Waals surface area (Å²) in [7, 11) is 1.64. The minimum atomic E-state index is 0.478. The van der Waals surface area contributed by atoms with E-state index in [1.807, 2.05) is 37.3 Å². The summed E-state index contributed by atoms with van der Waals surface area (Å²) in [5.41, 5.74) is 8.75. The van der Waals surface area contributed by atoms with Gasteiger partial charge in [-0.25, -0.2) is 0 Å². The minimum Gasteiger partial charge on any atom is -0.459 e. The first-order chi connectivity index (χ1) is 7.70. The molecule has 0 saturated heterocycles. The van der Waals surface area contributed by atoms with Crippen LogP contribution in [0.3, 0.4) is 0 Å². The molecule has 0 atom stereocenters. The number of aryl methyl sites for hydroxylation is 1. The van der Waals surface area contributed by atoms with Gasteiger partial charge < -0.3 is 14.9 Å². The van der Waals surface area contributed by atoms with Gasteiger partial charge in [-0.05, 0) is 36.8 Å². The average Bonchev–Trinajstić information content (AvgIpc) is 2.67. The Morgan fingerprint density at radius 2 is 2.06 bits per heavy atom. The quantitative estimate of drug-likeness (QED) is 0.804. The van der Waals surface area contributed by atoms with Gasteiger partial charge in [-0.2, -0.15) is 0 Å². The Kier molecular flexibility index (Phi) is 2.97. The first kappa shape index (κ1) is 10.8. The summed E-state index contributed by atoms with van der Waals surface area (Å²) in [6.45, 7) is 2.49. The van der Waals surface area contributed by atoms with Crippen LogP contribution in [0.2, 0.25) is 0 Å². The number of hydrogen-bond acceptors (Lipinski definition) is 3. The maximum atomic E-state index is 5.95. The molecule has 1 aromatic carbocycles. The van der Waals surface area contributed by atoms with Crippen LogP contribution < -0.4 is 5.73 Å². The molecule has 0 aliphatic rings. The van der Waals surface area contributed by atoms with Gasteiger partial charge in [-0.1, -0.05) is 6.07 Å². The van der Waals surface area contributed by atoms with Crippen LogP contribution in [-0.4, -0.2) is 7.11 Å². The minimum absolute atomic E-state index is 0.478. The second-order valence-corrected chi connectivity index (χ2v) is 3.79. The molecule has 2 aromatic rings. The maximum absolute atomic E-state index is 5.95. The van der Waals surface area contributed by atoms with Gasteiger partial charge >= 0.3 is 0 Å². The number of hydrogen-bond donors (Lipinski definition) is 1. The summed E-state index contributed by atoms with van der Waals surface area (Å²) in [5, 5.41) is 0. The molecule has 2 N–H and O–H groups in total. The third-order valence-corrected chi connectivity index (χ3v) is 2.42. The van der Waals surface area contributed by atoms with E-state index in [-0.39, 0.29) is 0 Å². The maximum Gasteiger partial charge on any atom is 0.136 e. The van der Waals surface area contributed by atoms with Crippen LogP contribution in [0.1, 0.15) is 11.3 Å². The van der Waals surface area contributed by atoms with Crippen molar-refractivity contribution in [3.05, 3.63) is 41.7 Å². The lowest BCUT2D eigenvalue weighted by Crippen LogP contribution is -1.89. The smallest absolute Gasteiger partial charge is 0.136 e. The third-order valence-electron chi connectivity index (χ3n) is 2.42. The Bertz CT molecular complexity index is 488. The highest BCUT2D eigenvalue weighted by Gasteiger charge is 2.07. The highest BCUT2D eigenvalue weighted by atomic mass is 16.5. The van der Waals surface area contributed by atoms with Crippen molar-refractivity contribution < 1.29 is 9.15 Å². The van der Waals surface area contributed by atoms with Crippen molar-refractivity contribution in [2.75, 3.05) is 12.8 Å². The number of anilines is 1. The number of rotatable bonds is 3. The van der Waals surface area contributed by atoms with Gasteiger partial charge in [0, 0.05) is 18.4 Å². The van der Waals surface area contributed by atoms with Crippen molar-refractivity contribution in [3.8, 4) is 11.3 Å². The lowest BCUT2D eigenvalue weighted by Gasteiger charge is -2.03. The van der Waals surface area contributed by atoms with E-state index in [1.165, 1.54) is 0 Å². The fourth-order valence-electron chi connectivity index (χ4n) is 1.65. The molecule has 1 heterocycles. The fraction of sp³-hybridized carbons (Fsp3) is 0.231. The molecule has 0 saturated carbocycles. The zero-order valence-corrected chi connectivity index (χ0v) is 9.49. The summed E-state index contributed by atoms with van der Waals surface area (Å²) in [4.78, 5) is 0. The Morgan fingerprint density at radius 1 is 1.25 bits per heavy atom. The first-order valence-corrected chi connectivity index (χ1v) is 5.15. The van der Waals surface area contributed by atoms with E-state index in [2.05, 4.69) is 0 Å². The zero-order valence-electron chi connectivity index (χ0n) is 9.49. The van der Waals surface area contributed by atoms with E-state index >= 15 is 0 Å². The molecule has 3 nitrogen and oxygen atoms in total. The second kappa shape index (κ2) is 4.41.